The van der Waals surface area contributed by atoms with Gasteiger partial charge >= 0.3 is 0 Å². The lowest BCUT2D eigenvalue weighted by Crippen LogP contribution is -2.29. The van der Waals surface area contributed by atoms with Gasteiger partial charge in [-0.25, -0.2) is 0 Å². The van der Waals surface area contributed by atoms with Gasteiger partial charge in [0, 0.05) is 6.20 Å². The molecule has 3 aromatic rings. The summed E-state index contributed by atoms with van der Waals surface area (Å²) in [6.45, 7) is 4.44. The van der Waals surface area contributed by atoms with Crippen LogP contribution < -0.4 is 10.9 Å². The second-order valence-electron chi connectivity index (χ2n) is 5.54. The number of rotatable bonds is 6. The highest BCUT2D eigenvalue weighted by molar-refractivity contribution is 8.01. The smallest absolute Gasteiger partial charge is 0.263 e. The molecule has 134 valence electrons. The van der Waals surface area contributed by atoms with Gasteiger partial charge in [0.25, 0.3) is 11.5 Å². The van der Waals surface area contributed by atoms with Crippen LogP contribution in [0.3, 0.4) is 0 Å². The van der Waals surface area contributed by atoms with E-state index in [0.29, 0.717) is 11.7 Å². The first-order valence-corrected chi connectivity index (χ1v) is 9.90. The van der Waals surface area contributed by atoms with Crippen molar-refractivity contribution in [2.45, 2.75) is 24.7 Å². The average molecular weight is 387 g/mol. The molecule has 2 aromatic heterocycles. The molecule has 8 heteroatoms. The first kappa shape index (κ1) is 18.3. The Kier molecular flexibility index (Phi) is 5.85. The number of hydrogen-bond acceptors (Lipinski definition) is 6. The number of pyridine rings is 1. The fourth-order valence-electron chi connectivity index (χ4n) is 2.41. The molecule has 0 radical (unpaired) electrons. The summed E-state index contributed by atoms with van der Waals surface area (Å²) in [6.07, 6.45) is 1.69. The van der Waals surface area contributed by atoms with Crippen LogP contribution in [0.15, 0.2) is 51.7 Å². The third-order valence-electron chi connectivity index (χ3n) is 3.76. The average Bonchev–Trinajstić information content (AvgIpc) is 3.06. The van der Waals surface area contributed by atoms with E-state index in [1.165, 1.54) is 22.0 Å². The number of aryl methyl sites for hydroxylation is 1. The largest absolute Gasteiger partial charge is 0.310 e. The van der Waals surface area contributed by atoms with Crippen molar-refractivity contribution in [3.63, 3.8) is 0 Å². The fourth-order valence-corrected chi connectivity index (χ4v) is 4.06. The van der Waals surface area contributed by atoms with Crippen molar-refractivity contribution < 1.29 is 4.79 Å². The molecule has 6 nitrogen and oxygen atoms in total. The first-order chi connectivity index (χ1) is 12.6. The zero-order chi connectivity index (χ0) is 18.5. The SMILES string of the molecule is CCSc1nnc(NC(=O)c2cccn(Cc3ccccc3C)c2=O)s1. The van der Waals surface area contributed by atoms with Crippen LogP contribution in [-0.2, 0) is 6.54 Å². The Balaban J connectivity index is 1.80. The molecule has 0 saturated heterocycles. The van der Waals surface area contributed by atoms with E-state index >= 15 is 0 Å². The van der Waals surface area contributed by atoms with Gasteiger partial charge in [0.05, 0.1) is 6.54 Å². The maximum Gasteiger partial charge on any atom is 0.263 e. The van der Waals surface area contributed by atoms with Gasteiger partial charge in [-0.1, -0.05) is 54.3 Å². The Morgan fingerprint density at radius 1 is 1.23 bits per heavy atom. The zero-order valence-corrected chi connectivity index (χ0v) is 16.1. The molecule has 0 aliphatic rings. The molecule has 0 aliphatic heterocycles. The monoisotopic (exact) mass is 386 g/mol. The number of anilines is 1. The van der Waals surface area contributed by atoms with E-state index in [-0.39, 0.29) is 11.1 Å². The second kappa shape index (κ2) is 8.29. The normalized spacial score (nSPS) is 10.7. The zero-order valence-electron chi connectivity index (χ0n) is 14.4. The van der Waals surface area contributed by atoms with E-state index in [0.717, 1.165) is 21.2 Å². The number of thioether (sulfide) groups is 1. The van der Waals surface area contributed by atoms with Crippen LogP contribution in [0.4, 0.5) is 5.13 Å². The van der Waals surface area contributed by atoms with Gasteiger partial charge in [-0.05, 0) is 35.9 Å². The van der Waals surface area contributed by atoms with Gasteiger partial charge in [0.15, 0.2) is 4.34 Å². The topological polar surface area (TPSA) is 76.9 Å². The van der Waals surface area contributed by atoms with Gasteiger partial charge in [-0.15, -0.1) is 10.2 Å². The summed E-state index contributed by atoms with van der Waals surface area (Å²) in [5.41, 5.74) is 1.89. The minimum atomic E-state index is -0.474. The molecule has 2 heterocycles. The Hall–Kier alpha value is -2.45. The third kappa shape index (κ3) is 4.20. The Morgan fingerprint density at radius 2 is 2.04 bits per heavy atom. The minimum Gasteiger partial charge on any atom is -0.310 e. The van der Waals surface area contributed by atoms with Crippen LogP contribution in [0, 0.1) is 6.92 Å². The second-order valence-corrected chi connectivity index (χ2v) is 8.03. The quantitative estimate of drug-likeness (QED) is 0.519. The van der Waals surface area contributed by atoms with Crippen molar-refractivity contribution in [2.75, 3.05) is 11.1 Å². The standard InChI is InChI=1S/C18H18N4O2S2/c1-3-25-18-21-20-17(26-18)19-15(23)14-9-6-10-22(16(14)24)11-13-8-5-4-7-12(13)2/h4-10H,3,11H2,1-2H3,(H,19,20,23). The minimum absolute atomic E-state index is 0.0842. The molecule has 0 spiro atoms. The molecular weight excluding hydrogens is 368 g/mol. The predicted octanol–water partition coefficient (Wildman–Crippen LogP) is 3.42. The van der Waals surface area contributed by atoms with Gasteiger partial charge in [-0.2, -0.15) is 0 Å². The Morgan fingerprint density at radius 3 is 2.81 bits per heavy atom. The van der Waals surface area contributed by atoms with Crippen LogP contribution in [0.2, 0.25) is 0 Å². The summed E-state index contributed by atoms with van der Waals surface area (Å²) in [4.78, 5) is 25.2. The molecule has 1 aromatic carbocycles. The highest BCUT2D eigenvalue weighted by Crippen LogP contribution is 2.25. The van der Waals surface area contributed by atoms with E-state index in [9.17, 15) is 9.59 Å². The number of benzene rings is 1. The van der Waals surface area contributed by atoms with Crippen molar-refractivity contribution in [3.8, 4) is 0 Å². The van der Waals surface area contributed by atoms with Crippen molar-refractivity contribution >= 4 is 34.1 Å². The van der Waals surface area contributed by atoms with Crippen LogP contribution in [0.25, 0.3) is 0 Å². The van der Waals surface area contributed by atoms with E-state index in [1.807, 2.05) is 38.1 Å². The summed E-state index contributed by atoms with van der Waals surface area (Å²) >= 11 is 2.85. The van der Waals surface area contributed by atoms with Crippen molar-refractivity contribution in [2.24, 2.45) is 0 Å². The number of carbonyl (C=O) groups excluding carboxylic acids is 1. The summed E-state index contributed by atoms with van der Waals surface area (Å²) in [5.74, 6) is 0.406. The van der Waals surface area contributed by atoms with E-state index in [4.69, 9.17) is 0 Å². The maximum absolute atomic E-state index is 12.7. The van der Waals surface area contributed by atoms with Crippen LogP contribution in [-0.4, -0.2) is 26.4 Å². The molecule has 26 heavy (non-hydrogen) atoms. The lowest BCUT2D eigenvalue weighted by molar-refractivity contribution is 0.102. The Labute approximate surface area is 159 Å². The fraction of sp³-hybridized carbons (Fsp3) is 0.222. The van der Waals surface area contributed by atoms with Gasteiger partial charge in [0.2, 0.25) is 5.13 Å². The predicted molar refractivity (Wildman–Crippen MR) is 105 cm³/mol. The van der Waals surface area contributed by atoms with Crippen molar-refractivity contribution in [1.82, 2.24) is 14.8 Å². The molecule has 1 amide bonds. The third-order valence-corrected chi connectivity index (χ3v) is 5.62. The van der Waals surface area contributed by atoms with E-state index in [1.54, 1.807) is 24.0 Å². The molecule has 0 saturated carbocycles. The molecule has 0 atom stereocenters. The number of aromatic nitrogens is 3. The van der Waals surface area contributed by atoms with Crippen LogP contribution in [0.1, 0.15) is 28.4 Å². The van der Waals surface area contributed by atoms with Crippen LogP contribution in [0.5, 0.6) is 0 Å². The van der Waals surface area contributed by atoms with Crippen molar-refractivity contribution in [3.05, 3.63) is 69.6 Å². The highest BCUT2D eigenvalue weighted by Gasteiger charge is 2.15. The Bertz CT molecular complexity index is 981. The van der Waals surface area contributed by atoms with Crippen LogP contribution >= 0.6 is 23.1 Å². The summed E-state index contributed by atoms with van der Waals surface area (Å²) < 4.78 is 2.32. The van der Waals surface area contributed by atoms with E-state index in [2.05, 4.69) is 15.5 Å². The summed E-state index contributed by atoms with van der Waals surface area (Å²) in [6, 6.07) is 11.1. The molecule has 0 fully saturated rings. The number of nitrogens with zero attached hydrogens (tertiary/aromatic N) is 3. The number of amides is 1. The lowest BCUT2D eigenvalue weighted by atomic mass is 10.1. The van der Waals surface area contributed by atoms with Gasteiger partial charge in [-0.3, -0.25) is 14.9 Å². The molecule has 0 bridgehead atoms. The maximum atomic E-state index is 12.7. The molecule has 0 aliphatic carbocycles. The number of carbonyl (C=O) groups is 1. The number of hydrogen-bond donors (Lipinski definition) is 1. The molecule has 0 unspecified atom stereocenters. The summed E-state index contributed by atoms with van der Waals surface area (Å²) in [5, 5.41) is 11.0. The van der Waals surface area contributed by atoms with E-state index < -0.39 is 5.91 Å². The van der Waals surface area contributed by atoms with Gasteiger partial charge < -0.3 is 4.57 Å². The van der Waals surface area contributed by atoms with Gasteiger partial charge in [0.1, 0.15) is 5.56 Å². The first-order valence-electron chi connectivity index (χ1n) is 8.10. The highest BCUT2D eigenvalue weighted by atomic mass is 32.2. The molecule has 1 N–H and O–H groups in total. The number of nitrogens with one attached hydrogen (secondary N) is 1. The summed E-state index contributed by atoms with van der Waals surface area (Å²) in [7, 11) is 0. The lowest BCUT2D eigenvalue weighted by Gasteiger charge is -2.10. The molecule has 3 rings (SSSR count). The van der Waals surface area contributed by atoms with Crippen molar-refractivity contribution in [1.29, 1.82) is 0 Å². The molecular formula is C18H18N4O2S2.